The van der Waals surface area contributed by atoms with E-state index in [2.05, 4.69) is 17.4 Å². The first kappa shape index (κ1) is 19.4. The van der Waals surface area contributed by atoms with Crippen LogP contribution in [0.1, 0.15) is 22.8 Å². The molecule has 30 heavy (non-hydrogen) atoms. The summed E-state index contributed by atoms with van der Waals surface area (Å²) in [6, 6.07) is 25.4. The molecule has 4 rings (SSSR count). The first-order valence-electron chi connectivity index (χ1n) is 9.65. The predicted molar refractivity (Wildman–Crippen MR) is 122 cm³/mol. The van der Waals surface area contributed by atoms with Gasteiger partial charge in [-0.3, -0.25) is 4.79 Å². The first-order chi connectivity index (χ1) is 14.5. The molecule has 0 unspecified atom stereocenters. The number of amides is 1. The number of methoxy groups -OCH3 is 1. The SMILES string of the molecule is COC(=O)c1cc2ccccc2cc1NC(=O)C=C(C)c1ccc2ccccc2c1. The summed E-state index contributed by atoms with van der Waals surface area (Å²) in [4.78, 5) is 25.0. The highest BCUT2D eigenvalue weighted by Gasteiger charge is 2.15. The van der Waals surface area contributed by atoms with E-state index in [1.807, 2.05) is 61.5 Å². The van der Waals surface area contributed by atoms with Crippen LogP contribution in [0.15, 0.2) is 84.9 Å². The Morgan fingerprint density at radius 1 is 0.800 bits per heavy atom. The number of ether oxygens (including phenoxy) is 1. The Morgan fingerprint density at radius 2 is 1.40 bits per heavy atom. The summed E-state index contributed by atoms with van der Waals surface area (Å²) in [5, 5.41) is 6.93. The van der Waals surface area contributed by atoms with Gasteiger partial charge in [-0.2, -0.15) is 0 Å². The van der Waals surface area contributed by atoms with Gasteiger partial charge in [0.15, 0.2) is 0 Å². The quantitative estimate of drug-likeness (QED) is 0.350. The van der Waals surface area contributed by atoms with Crippen LogP contribution in [0.5, 0.6) is 0 Å². The normalized spacial score (nSPS) is 11.5. The molecule has 0 atom stereocenters. The molecule has 4 aromatic rings. The van der Waals surface area contributed by atoms with Crippen molar-refractivity contribution in [2.75, 3.05) is 12.4 Å². The van der Waals surface area contributed by atoms with E-state index in [0.29, 0.717) is 11.3 Å². The maximum absolute atomic E-state index is 12.7. The maximum Gasteiger partial charge on any atom is 0.339 e. The van der Waals surface area contributed by atoms with Crippen molar-refractivity contribution < 1.29 is 14.3 Å². The fourth-order valence-electron chi connectivity index (χ4n) is 3.51. The Labute approximate surface area is 174 Å². The van der Waals surface area contributed by atoms with Crippen molar-refractivity contribution in [3.63, 3.8) is 0 Å². The molecule has 0 radical (unpaired) electrons. The molecule has 0 aliphatic carbocycles. The lowest BCUT2D eigenvalue weighted by Crippen LogP contribution is -2.13. The van der Waals surface area contributed by atoms with Gasteiger partial charge in [-0.1, -0.05) is 60.7 Å². The molecule has 0 saturated heterocycles. The predicted octanol–water partition coefficient (Wildman–Crippen LogP) is 5.82. The number of carbonyl (C=O) groups is 2. The smallest absolute Gasteiger partial charge is 0.339 e. The summed E-state index contributed by atoms with van der Waals surface area (Å²) in [5.41, 5.74) is 2.55. The Bertz CT molecular complexity index is 1300. The second-order valence-electron chi connectivity index (χ2n) is 7.12. The minimum absolute atomic E-state index is 0.305. The van der Waals surface area contributed by atoms with E-state index >= 15 is 0 Å². The lowest BCUT2D eigenvalue weighted by atomic mass is 10.0. The Balaban J connectivity index is 1.65. The Hall–Kier alpha value is -3.92. The van der Waals surface area contributed by atoms with Gasteiger partial charge in [-0.05, 0) is 57.8 Å². The van der Waals surface area contributed by atoms with Crippen molar-refractivity contribution in [2.45, 2.75) is 6.92 Å². The van der Waals surface area contributed by atoms with E-state index in [1.165, 1.54) is 7.11 Å². The van der Waals surface area contributed by atoms with Gasteiger partial charge in [-0.25, -0.2) is 4.79 Å². The number of rotatable bonds is 4. The summed E-state index contributed by atoms with van der Waals surface area (Å²) < 4.78 is 4.89. The van der Waals surface area contributed by atoms with E-state index in [0.717, 1.165) is 32.7 Å². The summed E-state index contributed by atoms with van der Waals surface area (Å²) >= 11 is 0. The van der Waals surface area contributed by atoms with Crippen molar-refractivity contribution in [3.05, 3.63) is 96.1 Å². The van der Waals surface area contributed by atoms with Crippen LogP contribution in [0.3, 0.4) is 0 Å². The van der Waals surface area contributed by atoms with Crippen LogP contribution < -0.4 is 5.32 Å². The van der Waals surface area contributed by atoms with Crippen LogP contribution in [0.25, 0.3) is 27.1 Å². The van der Waals surface area contributed by atoms with Gasteiger partial charge in [0, 0.05) is 6.08 Å². The molecule has 0 spiro atoms. The summed E-state index contributed by atoms with van der Waals surface area (Å²) in [6.45, 7) is 1.89. The van der Waals surface area contributed by atoms with Gasteiger partial charge in [0.25, 0.3) is 0 Å². The van der Waals surface area contributed by atoms with Gasteiger partial charge in [-0.15, -0.1) is 0 Å². The molecule has 1 N–H and O–H groups in total. The fraction of sp³-hybridized carbons (Fsp3) is 0.0769. The van der Waals surface area contributed by atoms with Gasteiger partial charge in [0.1, 0.15) is 0 Å². The first-order valence-corrected chi connectivity index (χ1v) is 9.65. The largest absolute Gasteiger partial charge is 0.465 e. The highest BCUT2D eigenvalue weighted by Crippen LogP contribution is 2.26. The minimum Gasteiger partial charge on any atom is -0.465 e. The van der Waals surface area contributed by atoms with Crippen molar-refractivity contribution in [3.8, 4) is 0 Å². The van der Waals surface area contributed by atoms with Gasteiger partial charge in [0.2, 0.25) is 5.91 Å². The van der Waals surface area contributed by atoms with Gasteiger partial charge in [0.05, 0.1) is 18.4 Å². The second kappa shape index (κ2) is 8.21. The van der Waals surface area contributed by atoms with E-state index in [1.54, 1.807) is 18.2 Å². The zero-order chi connectivity index (χ0) is 21.1. The molecule has 0 aliphatic rings. The molecular formula is C26H21NO3. The molecular weight excluding hydrogens is 374 g/mol. The molecule has 148 valence electrons. The molecule has 0 aliphatic heterocycles. The van der Waals surface area contributed by atoms with E-state index < -0.39 is 5.97 Å². The molecule has 0 heterocycles. The average Bonchev–Trinajstić information content (AvgIpc) is 2.77. The number of anilines is 1. The number of benzene rings is 4. The molecule has 1 amide bonds. The van der Waals surface area contributed by atoms with Crippen molar-refractivity contribution >= 4 is 44.7 Å². The number of hydrogen-bond donors (Lipinski definition) is 1. The van der Waals surface area contributed by atoms with Crippen molar-refractivity contribution in [2.24, 2.45) is 0 Å². The number of nitrogens with one attached hydrogen (secondary N) is 1. The number of carbonyl (C=O) groups excluding carboxylic acids is 2. The summed E-state index contributed by atoms with van der Waals surface area (Å²) in [7, 11) is 1.33. The highest BCUT2D eigenvalue weighted by molar-refractivity contribution is 6.10. The zero-order valence-corrected chi connectivity index (χ0v) is 16.8. The third-order valence-electron chi connectivity index (χ3n) is 5.10. The number of allylic oxidation sites excluding steroid dienone is 1. The minimum atomic E-state index is -0.494. The standard InChI is InChI=1S/C26H21NO3/c1-17(19-12-11-18-7-3-4-8-20(18)14-19)13-25(28)27-24-16-22-10-6-5-9-21(22)15-23(24)26(29)30-2/h3-16H,1-2H3,(H,27,28). The lowest BCUT2D eigenvalue weighted by molar-refractivity contribution is -0.111. The Morgan fingerprint density at radius 3 is 2.07 bits per heavy atom. The van der Waals surface area contributed by atoms with Gasteiger partial charge < -0.3 is 10.1 Å². The lowest BCUT2D eigenvalue weighted by Gasteiger charge is -2.11. The third-order valence-corrected chi connectivity index (χ3v) is 5.10. The fourth-order valence-corrected chi connectivity index (χ4v) is 3.51. The van der Waals surface area contributed by atoms with Crippen molar-refractivity contribution in [1.29, 1.82) is 0 Å². The number of esters is 1. The average molecular weight is 395 g/mol. The Kier molecular flexibility index (Phi) is 5.31. The monoisotopic (exact) mass is 395 g/mol. The molecule has 4 aromatic carbocycles. The summed E-state index contributed by atoms with van der Waals surface area (Å²) in [5.74, 6) is -0.799. The maximum atomic E-state index is 12.7. The molecule has 0 fully saturated rings. The summed E-state index contributed by atoms with van der Waals surface area (Å²) in [6.07, 6.45) is 1.54. The van der Waals surface area contributed by atoms with Crippen molar-refractivity contribution in [1.82, 2.24) is 0 Å². The topological polar surface area (TPSA) is 55.4 Å². The highest BCUT2D eigenvalue weighted by atomic mass is 16.5. The van der Waals surface area contributed by atoms with Crippen LogP contribution in [0.2, 0.25) is 0 Å². The zero-order valence-electron chi connectivity index (χ0n) is 16.8. The number of hydrogen-bond acceptors (Lipinski definition) is 3. The second-order valence-corrected chi connectivity index (χ2v) is 7.12. The van der Waals surface area contributed by atoms with E-state index in [-0.39, 0.29) is 5.91 Å². The van der Waals surface area contributed by atoms with Crippen LogP contribution in [0.4, 0.5) is 5.69 Å². The molecule has 0 saturated carbocycles. The van der Waals surface area contributed by atoms with Crippen LogP contribution >= 0.6 is 0 Å². The van der Waals surface area contributed by atoms with Gasteiger partial charge >= 0.3 is 5.97 Å². The molecule has 0 bridgehead atoms. The van der Waals surface area contributed by atoms with Crippen LogP contribution in [-0.2, 0) is 9.53 Å². The van der Waals surface area contributed by atoms with E-state index in [9.17, 15) is 9.59 Å². The molecule has 4 heteroatoms. The molecule has 0 aromatic heterocycles. The van der Waals surface area contributed by atoms with Crippen LogP contribution in [-0.4, -0.2) is 19.0 Å². The number of fused-ring (bicyclic) bond motifs is 2. The molecule has 4 nitrogen and oxygen atoms in total. The van der Waals surface area contributed by atoms with Crippen LogP contribution in [0, 0.1) is 0 Å². The van der Waals surface area contributed by atoms with E-state index in [4.69, 9.17) is 4.74 Å². The third kappa shape index (κ3) is 3.94.